The predicted molar refractivity (Wildman–Crippen MR) is 93.5 cm³/mol. The second kappa shape index (κ2) is 9.04. The van der Waals surface area contributed by atoms with Crippen molar-refractivity contribution in [1.29, 1.82) is 0 Å². The van der Waals surface area contributed by atoms with Gasteiger partial charge in [0.05, 0.1) is 18.7 Å². The first-order valence-electron chi connectivity index (χ1n) is 8.76. The van der Waals surface area contributed by atoms with Gasteiger partial charge in [-0.25, -0.2) is 0 Å². The third kappa shape index (κ3) is 5.96. The number of carbonyl (C=O) groups excluding carboxylic acids is 1. The Kier molecular flexibility index (Phi) is 7.06. The number of likely N-dealkylation sites (N-methyl/N-ethyl adjacent to an activating group) is 1. The minimum absolute atomic E-state index is 0.0349. The van der Waals surface area contributed by atoms with Gasteiger partial charge in [0, 0.05) is 13.2 Å². The molecular weight excluding hydrogens is 288 g/mol. The summed E-state index contributed by atoms with van der Waals surface area (Å²) in [7, 11) is 1.98. The first-order chi connectivity index (χ1) is 11.1. The van der Waals surface area contributed by atoms with Crippen LogP contribution in [0.15, 0.2) is 24.3 Å². The van der Waals surface area contributed by atoms with Crippen LogP contribution in [-0.2, 0) is 16.0 Å². The van der Waals surface area contributed by atoms with E-state index >= 15 is 0 Å². The Labute approximate surface area is 140 Å². The highest BCUT2D eigenvalue weighted by Crippen LogP contribution is 2.15. The van der Waals surface area contributed by atoms with E-state index in [0.717, 1.165) is 38.0 Å². The number of nitrogens with zero attached hydrogens (tertiary/aromatic N) is 1. The molecule has 1 amide bonds. The van der Waals surface area contributed by atoms with Gasteiger partial charge in [-0.05, 0) is 50.8 Å². The minimum atomic E-state index is 0.0349. The Morgan fingerprint density at radius 3 is 2.70 bits per heavy atom. The van der Waals surface area contributed by atoms with Gasteiger partial charge < -0.3 is 10.1 Å². The molecule has 1 heterocycles. The quantitative estimate of drug-likeness (QED) is 0.840. The van der Waals surface area contributed by atoms with Crippen LogP contribution in [0.25, 0.3) is 0 Å². The van der Waals surface area contributed by atoms with E-state index < -0.39 is 0 Å². The van der Waals surface area contributed by atoms with Gasteiger partial charge in [0.15, 0.2) is 0 Å². The summed E-state index contributed by atoms with van der Waals surface area (Å²) in [4.78, 5) is 14.3. The molecule has 23 heavy (non-hydrogen) atoms. The third-order valence-electron chi connectivity index (χ3n) is 4.47. The van der Waals surface area contributed by atoms with Crippen LogP contribution < -0.4 is 5.32 Å². The molecule has 0 aliphatic carbocycles. The standard InChI is InChI=1S/C19H30N2O2/c1-4-16-8-10-17(11-9-16)15(2)20-19(22)14-21(3)13-18-7-5-6-12-23-18/h8-11,15,18H,4-7,12-14H2,1-3H3,(H,20,22). The van der Waals surface area contributed by atoms with Crippen LogP contribution >= 0.6 is 0 Å². The van der Waals surface area contributed by atoms with Crippen molar-refractivity contribution in [2.24, 2.45) is 0 Å². The molecule has 128 valence electrons. The molecule has 4 nitrogen and oxygen atoms in total. The normalized spacial score (nSPS) is 19.6. The van der Waals surface area contributed by atoms with E-state index in [2.05, 4.69) is 41.4 Å². The van der Waals surface area contributed by atoms with Crippen molar-refractivity contribution in [3.63, 3.8) is 0 Å². The molecule has 0 bridgehead atoms. The van der Waals surface area contributed by atoms with Crippen molar-refractivity contribution in [2.75, 3.05) is 26.7 Å². The van der Waals surface area contributed by atoms with Crippen molar-refractivity contribution in [3.05, 3.63) is 35.4 Å². The zero-order valence-corrected chi connectivity index (χ0v) is 14.7. The maximum atomic E-state index is 12.2. The monoisotopic (exact) mass is 318 g/mol. The predicted octanol–water partition coefficient (Wildman–Crippen LogP) is 2.93. The molecule has 2 atom stereocenters. The molecular formula is C19H30N2O2. The summed E-state index contributed by atoms with van der Waals surface area (Å²) < 4.78 is 5.73. The maximum Gasteiger partial charge on any atom is 0.234 e. The number of rotatable bonds is 7. The van der Waals surface area contributed by atoms with Crippen LogP contribution in [-0.4, -0.2) is 43.7 Å². The van der Waals surface area contributed by atoms with E-state index in [-0.39, 0.29) is 18.1 Å². The molecule has 1 saturated heterocycles. The van der Waals surface area contributed by atoms with Crippen molar-refractivity contribution >= 4 is 5.91 Å². The van der Waals surface area contributed by atoms with Crippen LogP contribution in [0.4, 0.5) is 0 Å². The summed E-state index contributed by atoms with van der Waals surface area (Å²) in [5.74, 6) is 0.0652. The number of nitrogens with one attached hydrogen (secondary N) is 1. The molecule has 0 saturated carbocycles. The molecule has 4 heteroatoms. The molecule has 1 aliphatic heterocycles. The first-order valence-corrected chi connectivity index (χ1v) is 8.76. The molecule has 2 rings (SSSR count). The van der Waals surface area contributed by atoms with Crippen LogP contribution in [0.5, 0.6) is 0 Å². The number of benzene rings is 1. The molecule has 1 aliphatic rings. The number of amides is 1. The van der Waals surface area contributed by atoms with Crippen LogP contribution in [0, 0.1) is 0 Å². The van der Waals surface area contributed by atoms with Gasteiger partial charge in [0.1, 0.15) is 0 Å². The number of carbonyl (C=O) groups is 1. The lowest BCUT2D eigenvalue weighted by Gasteiger charge is -2.27. The highest BCUT2D eigenvalue weighted by Gasteiger charge is 2.18. The highest BCUT2D eigenvalue weighted by molar-refractivity contribution is 5.78. The minimum Gasteiger partial charge on any atom is -0.377 e. The Hall–Kier alpha value is -1.39. The fourth-order valence-electron chi connectivity index (χ4n) is 3.02. The van der Waals surface area contributed by atoms with E-state index in [1.807, 2.05) is 14.0 Å². The fraction of sp³-hybridized carbons (Fsp3) is 0.632. The Balaban J connectivity index is 1.76. The van der Waals surface area contributed by atoms with Gasteiger partial charge in [-0.15, -0.1) is 0 Å². The van der Waals surface area contributed by atoms with Crippen LogP contribution in [0.3, 0.4) is 0 Å². The summed E-state index contributed by atoms with van der Waals surface area (Å²) in [5.41, 5.74) is 2.47. The van der Waals surface area contributed by atoms with Gasteiger partial charge in [-0.2, -0.15) is 0 Å². The lowest BCUT2D eigenvalue weighted by atomic mass is 10.0. The van der Waals surface area contributed by atoms with Gasteiger partial charge >= 0.3 is 0 Å². The van der Waals surface area contributed by atoms with E-state index in [1.54, 1.807) is 0 Å². The van der Waals surface area contributed by atoms with Crippen molar-refractivity contribution < 1.29 is 9.53 Å². The molecule has 0 radical (unpaired) electrons. The number of ether oxygens (including phenoxy) is 1. The molecule has 0 aromatic heterocycles. The molecule has 1 N–H and O–H groups in total. The summed E-state index contributed by atoms with van der Waals surface area (Å²) in [5, 5.41) is 3.08. The zero-order valence-electron chi connectivity index (χ0n) is 14.7. The Morgan fingerprint density at radius 1 is 1.35 bits per heavy atom. The number of aryl methyl sites for hydroxylation is 1. The summed E-state index contributed by atoms with van der Waals surface area (Å²) in [6, 6.07) is 8.50. The molecule has 1 aromatic carbocycles. The van der Waals surface area contributed by atoms with E-state index in [1.165, 1.54) is 12.0 Å². The third-order valence-corrected chi connectivity index (χ3v) is 4.47. The second-order valence-corrected chi connectivity index (χ2v) is 6.57. The average molecular weight is 318 g/mol. The topological polar surface area (TPSA) is 41.6 Å². The summed E-state index contributed by atoms with van der Waals surface area (Å²) in [6.45, 7) is 6.27. The summed E-state index contributed by atoms with van der Waals surface area (Å²) >= 11 is 0. The van der Waals surface area contributed by atoms with E-state index in [0.29, 0.717) is 6.54 Å². The number of hydrogen-bond donors (Lipinski definition) is 1. The lowest BCUT2D eigenvalue weighted by Crippen LogP contribution is -2.40. The van der Waals surface area contributed by atoms with Crippen LogP contribution in [0.1, 0.15) is 50.3 Å². The van der Waals surface area contributed by atoms with Gasteiger partial charge in [-0.3, -0.25) is 9.69 Å². The van der Waals surface area contributed by atoms with Crippen LogP contribution in [0.2, 0.25) is 0 Å². The smallest absolute Gasteiger partial charge is 0.234 e. The average Bonchev–Trinajstić information content (AvgIpc) is 2.55. The van der Waals surface area contributed by atoms with Gasteiger partial charge in [-0.1, -0.05) is 31.2 Å². The first kappa shape index (κ1) is 18.0. The molecule has 0 spiro atoms. The Morgan fingerprint density at radius 2 is 2.09 bits per heavy atom. The van der Waals surface area contributed by atoms with Gasteiger partial charge in [0.2, 0.25) is 5.91 Å². The Bertz CT molecular complexity index is 481. The number of hydrogen-bond acceptors (Lipinski definition) is 3. The zero-order chi connectivity index (χ0) is 16.7. The molecule has 2 unspecified atom stereocenters. The summed E-state index contributed by atoms with van der Waals surface area (Å²) in [6.07, 6.45) is 4.81. The lowest BCUT2D eigenvalue weighted by molar-refractivity contribution is -0.123. The second-order valence-electron chi connectivity index (χ2n) is 6.57. The van der Waals surface area contributed by atoms with Gasteiger partial charge in [0.25, 0.3) is 0 Å². The van der Waals surface area contributed by atoms with Crippen molar-refractivity contribution in [2.45, 2.75) is 51.7 Å². The maximum absolute atomic E-state index is 12.2. The van der Waals surface area contributed by atoms with E-state index in [9.17, 15) is 4.79 Å². The SMILES string of the molecule is CCc1ccc(C(C)NC(=O)CN(C)CC2CCCCO2)cc1. The van der Waals surface area contributed by atoms with E-state index in [4.69, 9.17) is 4.74 Å². The van der Waals surface area contributed by atoms with Crippen molar-refractivity contribution in [1.82, 2.24) is 10.2 Å². The molecule has 1 fully saturated rings. The van der Waals surface area contributed by atoms with Crippen molar-refractivity contribution in [3.8, 4) is 0 Å². The largest absolute Gasteiger partial charge is 0.377 e. The molecule has 1 aromatic rings. The highest BCUT2D eigenvalue weighted by atomic mass is 16.5. The fourth-order valence-corrected chi connectivity index (χ4v) is 3.02.